The van der Waals surface area contributed by atoms with Gasteiger partial charge in [0.05, 0.1) is 5.83 Å². The molecular weight excluding hydrogens is 237 g/mol. The third-order valence-corrected chi connectivity index (χ3v) is 3.59. The van der Waals surface area contributed by atoms with Gasteiger partial charge in [0.2, 0.25) is 0 Å². The summed E-state index contributed by atoms with van der Waals surface area (Å²) in [5.41, 5.74) is 1.16. The lowest BCUT2D eigenvalue weighted by atomic mass is 9.90. The van der Waals surface area contributed by atoms with Gasteiger partial charge in [-0.2, -0.15) is 0 Å². The van der Waals surface area contributed by atoms with Crippen LogP contribution >= 0.6 is 0 Å². The summed E-state index contributed by atoms with van der Waals surface area (Å²) < 4.78 is 12.8. The number of rotatable bonds is 10. The van der Waals surface area contributed by atoms with E-state index in [0.29, 0.717) is 5.92 Å². The summed E-state index contributed by atoms with van der Waals surface area (Å²) in [6, 6.07) is 0. The topological polar surface area (TPSA) is 3.24 Å². The van der Waals surface area contributed by atoms with Crippen molar-refractivity contribution in [2.24, 2.45) is 5.92 Å². The van der Waals surface area contributed by atoms with Crippen molar-refractivity contribution >= 4 is 0 Å². The molecule has 0 amide bonds. The van der Waals surface area contributed by atoms with Gasteiger partial charge in [-0.1, -0.05) is 39.0 Å². The van der Waals surface area contributed by atoms with Crippen LogP contribution in [0.1, 0.15) is 46.5 Å². The Labute approximate surface area is 118 Å². The predicted octanol–water partition coefficient (Wildman–Crippen LogP) is 5.12. The Morgan fingerprint density at radius 3 is 2.42 bits per heavy atom. The van der Waals surface area contributed by atoms with Crippen molar-refractivity contribution in [3.63, 3.8) is 0 Å². The van der Waals surface area contributed by atoms with E-state index in [9.17, 15) is 4.39 Å². The van der Waals surface area contributed by atoms with E-state index in [1.165, 1.54) is 25.8 Å². The molecule has 1 atom stereocenters. The molecule has 0 aromatic rings. The van der Waals surface area contributed by atoms with Gasteiger partial charge in [-0.15, -0.1) is 0 Å². The lowest BCUT2D eigenvalue weighted by molar-refractivity contribution is 0.336. The summed E-state index contributed by atoms with van der Waals surface area (Å²) in [6.45, 7) is 11.9. The van der Waals surface area contributed by atoms with Crippen LogP contribution in [0.25, 0.3) is 0 Å². The minimum atomic E-state index is -0.154. The van der Waals surface area contributed by atoms with Gasteiger partial charge in [-0.05, 0) is 63.9 Å². The van der Waals surface area contributed by atoms with Crippen LogP contribution in [-0.2, 0) is 0 Å². The molecule has 0 radical (unpaired) electrons. The first kappa shape index (κ1) is 18.1. The third kappa shape index (κ3) is 8.77. The zero-order valence-corrected chi connectivity index (χ0v) is 13.1. The van der Waals surface area contributed by atoms with Crippen molar-refractivity contribution in [3.05, 3.63) is 36.2 Å². The highest BCUT2D eigenvalue weighted by atomic mass is 19.1. The standard InChI is InChI=1S/C17H30FN/c1-6-16(11-9-10-14-19(5)8-3)17(7-2)13-12-15(4)18/h7,12-13,16H,2,6,8-11,14H2,1,3-5H3/b15-12+,17-13+. The number of hydrogen-bond acceptors (Lipinski definition) is 1. The lowest BCUT2D eigenvalue weighted by Gasteiger charge is -2.17. The average molecular weight is 267 g/mol. The number of hydrogen-bond donors (Lipinski definition) is 0. The van der Waals surface area contributed by atoms with Gasteiger partial charge < -0.3 is 4.90 Å². The summed E-state index contributed by atoms with van der Waals surface area (Å²) in [7, 11) is 2.15. The van der Waals surface area contributed by atoms with E-state index in [2.05, 4.69) is 32.4 Å². The highest BCUT2D eigenvalue weighted by Gasteiger charge is 2.09. The normalized spacial score (nSPS) is 14.8. The Kier molecular flexibility index (Phi) is 10.5. The molecule has 1 unspecified atom stereocenters. The Morgan fingerprint density at radius 1 is 1.26 bits per heavy atom. The molecule has 0 saturated carbocycles. The van der Waals surface area contributed by atoms with Crippen LogP contribution in [-0.4, -0.2) is 25.0 Å². The average Bonchev–Trinajstić information content (AvgIpc) is 2.40. The predicted molar refractivity (Wildman–Crippen MR) is 83.9 cm³/mol. The molecule has 0 spiro atoms. The van der Waals surface area contributed by atoms with E-state index in [4.69, 9.17) is 0 Å². The van der Waals surface area contributed by atoms with Gasteiger partial charge in [-0.25, -0.2) is 4.39 Å². The van der Waals surface area contributed by atoms with Gasteiger partial charge in [0, 0.05) is 0 Å². The van der Waals surface area contributed by atoms with Crippen molar-refractivity contribution in [2.45, 2.75) is 46.5 Å². The van der Waals surface area contributed by atoms with Crippen LogP contribution in [0.15, 0.2) is 36.2 Å². The van der Waals surface area contributed by atoms with E-state index >= 15 is 0 Å². The van der Waals surface area contributed by atoms with Crippen LogP contribution < -0.4 is 0 Å². The maximum Gasteiger partial charge on any atom is 0.0968 e. The fraction of sp³-hybridized carbons (Fsp3) is 0.647. The van der Waals surface area contributed by atoms with Crippen molar-refractivity contribution in [2.75, 3.05) is 20.1 Å². The maximum atomic E-state index is 12.8. The molecule has 0 aliphatic carbocycles. The number of halogens is 1. The van der Waals surface area contributed by atoms with Crippen LogP contribution in [0.3, 0.4) is 0 Å². The zero-order valence-electron chi connectivity index (χ0n) is 13.1. The number of unbranched alkanes of at least 4 members (excludes halogenated alkanes) is 1. The molecule has 2 heteroatoms. The smallest absolute Gasteiger partial charge is 0.0968 e. The van der Waals surface area contributed by atoms with Crippen molar-refractivity contribution in [1.29, 1.82) is 0 Å². The van der Waals surface area contributed by atoms with Crippen molar-refractivity contribution < 1.29 is 4.39 Å². The molecule has 0 saturated heterocycles. The van der Waals surface area contributed by atoms with E-state index in [-0.39, 0.29) is 5.83 Å². The fourth-order valence-corrected chi connectivity index (χ4v) is 2.12. The molecule has 0 aromatic carbocycles. The lowest BCUT2D eigenvalue weighted by Crippen LogP contribution is -2.18. The molecular formula is C17H30FN. The molecule has 0 rings (SSSR count). The van der Waals surface area contributed by atoms with Crippen LogP contribution in [0.5, 0.6) is 0 Å². The van der Waals surface area contributed by atoms with Crippen molar-refractivity contribution in [1.82, 2.24) is 4.90 Å². The molecule has 19 heavy (non-hydrogen) atoms. The summed E-state index contributed by atoms with van der Waals surface area (Å²) in [6.07, 6.45) is 9.95. The minimum Gasteiger partial charge on any atom is -0.307 e. The van der Waals surface area contributed by atoms with Crippen LogP contribution in [0, 0.1) is 5.92 Å². The highest BCUT2D eigenvalue weighted by molar-refractivity contribution is 5.25. The molecule has 110 valence electrons. The second-order valence-corrected chi connectivity index (χ2v) is 5.12. The molecule has 0 fully saturated rings. The van der Waals surface area contributed by atoms with Gasteiger partial charge >= 0.3 is 0 Å². The molecule has 1 nitrogen and oxygen atoms in total. The summed E-state index contributed by atoms with van der Waals surface area (Å²) in [5.74, 6) is 0.346. The maximum absolute atomic E-state index is 12.8. The Balaban J connectivity index is 4.28. The first-order valence-electron chi connectivity index (χ1n) is 7.40. The fourth-order valence-electron chi connectivity index (χ4n) is 2.12. The van der Waals surface area contributed by atoms with Gasteiger partial charge in [-0.3, -0.25) is 0 Å². The Bertz CT molecular complexity index is 300. The second-order valence-electron chi connectivity index (χ2n) is 5.12. The SMILES string of the molecule is C=C/C(=C\C=C(/C)F)C(CC)CCCCN(C)CC. The highest BCUT2D eigenvalue weighted by Crippen LogP contribution is 2.23. The Hall–Kier alpha value is -0.890. The van der Waals surface area contributed by atoms with E-state index in [1.54, 1.807) is 0 Å². The quantitative estimate of drug-likeness (QED) is 0.392. The molecule has 0 N–H and O–H groups in total. The first-order chi connectivity index (χ1) is 9.04. The molecule has 0 heterocycles. The summed E-state index contributed by atoms with van der Waals surface area (Å²) in [4.78, 5) is 2.33. The van der Waals surface area contributed by atoms with Gasteiger partial charge in [0.15, 0.2) is 0 Å². The van der Waals surface area contributed by atoms with Crippen LogP contribution in [0.2, 0.25) is 0 Å². The monoisotopic (exact) mass is 267 g/mol. The minimum absolute atomic E-state index is 0.154. The largest absolute Gasteiger partial charge is 0.307 e. The zero-order chi connectivity index (χ0) is 14.7. The third-order valence-electron chi connectivity index (χ3n) is 3.59. The summed E-state index contributed by atoms with van der Waals surface area (Å²) >= 11 is 0. The van der Waals surface area contributed by atoms with E-state index in [0.717, 1.165) is 31.5 Å². The molecule has 0 aliphatic rings. The first-order valence-corrected chi connectivity index (χ1v) is 7.40. The van der Waals surface area contributed by atoms with E-state index in [1.807, 2.05) is 12.2 Å². The summed E-state index contributed by atoms with van der Waals surface area (Å²) in [5, 5.41) is 0. The van der Waals surface area contributed by atoms with Crippen LogP contribution in [0.4, 0.5) is 4.39 Å². The molecule has 0 aliphatic heterocycles. The molecule has 0 aromatic heterocycles. The number of nitrogens with zero attached hydrogens (tertiary/aromatic N) is 1. The molecule has 0 bridgehead atoms. The van der Waals surface area contributed by atoms with Gasteiger partial charge in [0.25, 0.3) is 0 Å². The Morgan fingerprint density at radius 2 is 1.95 bits per heavy atom. The second kappa shape index (κ2) is 11.0. The van der Waals surface area contributed by atoms with Gasteiger partial charge in [0.1, 0.15) is 0 Å². The van der Waals surface area contributed by atoms with Crippen molar-refractivity contribution in [3.8, 4) is 0 Å². The number of allylic oxidation sites excluding steroid dienone is 5. The van der Waals surface area contributed by atoms with E-state index < -0.39 is 0 Å².